The summed E-state index contributed by atoms with van der Waals surface area (Å²) in [5, 5.41) is 4.23. The highest BCUT2D eigenvalue weighted by Gasteiger charge is 2.66. The van der Waals surface area contributed by atoms with E-state index in [1.807, 2.05) is 48.7 Å². The lowest BCUT2D eigenvalue weighted by Gasteiger charge is -2.23. The molecule has 0 saturated carbocycles. The van der Waals surface area contributed by atoms with Crippen LogP contribution in [0, 0.1) is 11.8 Å². The first-order chi connectivity index (χ1) is 15.6. The molecule has 3 aromatic rings. The van der Waals surface area contributed by atoms with E-state index < -0.39 is 17.4 Å². The smallest absolute Gasteiger partial charge is 0.230 e. The molecule has 3 aliphatic rings. The highest BCUT2D eigenvalue weighted by Crippen LogP contribution is 2.52. The van der Waals surface area contributed by atoms with Crippen molar-refractivity contribution in [3.8, 4) is 0 Å². The van der Waals surface area contributed by atoms with E-state index in [1.165, 1.54) is 10.9 Å². The van der Waals surface area contributed by atoms with Gasteiger partial charge in [-0.2, -0.15) is 0 Å². The number of carbonyl (C=O) groups is 2. The van der Waals surface area contributed by atoms with Crippen molar-refractivity contribution in [2.24, 2.45) is 11.8 Å². The van der Waals surface area contributed by atoms with E-state index in [-0.39, 0.29) is 17.9 Å². The number of benzene rings is 1. The molecule has 2 bridgehead atoms. The lowest BCUT2D eigenvalue weighted by atomic mass is 9.77. The number of pyridine rings is 1. The number of fused-ring (bicyclic) bond motifs is 2. The number of aromatic amines is 1. The van der Waals surface area contributed by atoms with E-state index in [9.17, 15) is 9.59 Å². The van der Waals surface area contributed by atoms with Crippen LogP contribution in [0.3, 0.4) is 0 Å². The van der Waals surface area contributed by atoms with Gasteiger partial charge >= 0.3 is 0 Å². The van der Waals surface area contributed by atoms with Crippen LogP contribution in [0.5, 0.6) is 0 Å². The van der Waals surface area contributed by atoms with Crippen molar-refractivity contribution in [2.75, 3.05) is 13.1 Å². The molecule has 7 nitrogen and oxygen atoms in total. The summed E-state index contributed by atoms with van der Waals surface area (Å²) in [5.41, 5.74) is 2.59. The zero-order chi connectivity index (χ0) is 21.7. The first-order valence-electron chi connectivity index (χ1n) is 11.0. The molecule has 4 atom stereocenters. The molecule has 3 aliphatic heterocycles. The summed E-state index contributed by atoms with van der Waals surface area (Å²) < 4.78 is 6.21. The van der Waals surface area contributed by atoms with E-state index >= 15 is 0 Å². The van der Waals surface area contributed by atoms with Gasteiger partial charge in [-0.05, 0) is 35.7 Å². The number of amides is 2. The van der Waals surface area contributed by atoms with Crippen molar-refractivity contribution in [1.29, 1.82) is 0 Å². The molecule has 7 heteroatoms. The lowest BCUT2D eigenvalue weighted by Crippen LogP contribution is -2.44. The van der Waals surface area contributed by atoms with Gasteiger partial charge in [-0.3, -0.25) is 14.6 Å². The summed E-state index contributed by atoms with van der Waals surface area (Å²) in [7, 11) is 0. The first-order valence-corrected chi connectivity index (χ1v) is 11.0. The minimum Gasteiger partial charge on any atom is -0.361 e. The molecule has 2 saturated heterocycles. The minimum absolute atomic E-state index is 0.00885. The first kappa shape index (κ1) is 19.3. The minimum atomic E-state index is -0.687. The molecule has 1 spiro atoms. The highest BCUT2D eigenvalue weighted by molar-refractivity contribution is 5.93. The summed E-state index contributed by atoms with van der Waals surface area (Å²) >= 11 is 0. The van der Waals surface area contributed by atoms with Crippen molar-refractivity contribution < 1.29 is 14.3 Å². The predicted octanol–water partition coefficient (Wildman–Crippen LogP) is 2.20. The second kappa shape index (κ2) is 7.31. The Morgan fingerprint density at radius 2 is 2.09 bits per heavy atom. The van der Waals surface area contributed by atoms with Crippen LogP contribution in [-0.2, 0) is 27.3 Å². The number of hydrogen-bond donors (Lipinski definition) is 2. The molecule has 0 radical (unpaired) electrons. The summed E-state index contributed by atoms with van der Waals surface area (Å²) in [6, 6.07) is 11.9. The fourth-order valence-electron chi connectivity index (χ4n) is 5.50. The fourth-order valence-corrected chi connectivity index (χ4v) is 5.50. The van der Waals surface area contributed by atoms with Gasteiger partial charge in [0.2, 0.25) is 11.8 Å². The van der Waals surface area contributed by atoms with E-state index in [2.05, 4.69) is 21.4 Å². The maximum Gasteiger partial charge on any atom is 0.230 e. The van der Waals surface area contributed by atoms with E-state index in [0.29, 0.717) is 19.6 Å². The maximum absolute atomic E-state index is 13.3. The van der Waals surface area contributed by atoms with Crippen LogP contribution in [0.25, 0.3) is 10.9 Å². The number of para-hydroxylation sites is 1. The normalized spacial score (nSPS) is 27.9. The molecule has 6 rings (SSSR count). The molecular weight excluding hydrogens is 404 g/mol. The maximum atomic E-state index is 13.3. The number of nitrogens with one attached hydrogen (secondary N) is 2. The number of ether oxygens (including phenoxy) is 1. The van der Waals surface area contributed by atoms with Gasteiger partial charge in [0.05, 0.1) is 24.5 Å². The Balaban J connectivity index is 1.15. The Kier molecular flexibility index (Phi) is 4.40. The third kappa shape index (κ3) is 2.96. The monoisotopic (exact) mass is 428 g/mol. The van der Waals surface area contributed by atoms with Crippen molar-refractivity contribution in [1.82, 2.24) is 20.2 Å². The van der Waals surface area contributed by atoms with Crippen LogP contribution in [0.15, 0.2) is 67.1 Å². The van der Waals surface area contributed by atoms with Gasteiger partial charge in [0.1, 0.15) is 5.60 Å². The molecule has 0 aliphatic carbocycles. The zero-order valence-corrected chi connectivity index (χ0v) is 17.5. The van der Waals surface area contributed by atoms with Gasteiger partial charge in [-0.25, -0.2) is 0 Å². The van der Waals surface area contributed by atoms with Gasteiger partial charge in [-0.15, -0.1) is 0 Å². The molecule has 32 heavy (non-hydrogen) atoms. The van der Waals surface area contributed by atoms with E-state index in [1.54, 1.807) is 17.3 Å². The second-order valence-electron chi connectivity index (χ2n) is 8.85. The largest absolute Gasteiger partial charge is 0.361 e. The molecule has 2 aromatic heterocycles. The number of nitrogens with zero attached hydrogens (tertiary/aromatic N) is 2. The number of rotatable bonds is 6. The Bertz CT molecular complexity index is 1220. The molecule has 1 aromatic carbocycles. The van der Waals surface area contributed by atoms with Crippen molar-refractivity contribution in [3.63, 3.8) is 0 Å². The number of H-pyrrole nitrogens is 1. The molecule has 162 valence electrons. The molecule has 5 heterocycles. The van der Waals surface area contributed by atoms with Crippen molar-refractivity contribution >= 4 is 22.7 Å². The molecule has 2 N–H and O–H groups in total. The average molecular weight is 428 g/mol. The number of carbonyl (C=O) groups excluding carboxylic acids is 2. The molecular formula is C25H24N4O3. The third-order valence-corrected chi connectivity index (χ3v) is 6.97. The summed E-state index contributed by atoms with van der Waals surface area (Å²) in [4.78, 5) is 35.6. The zero-order valence-electron chi connectivity index (χ0n) is 17.5. The molecule has 2 fully saturated rings. The summed E-state index contributed by atoms with van der Waals surface area (Å²) in [5.74, 6) is -1.07. The quantitative estimate of drug-likeness (QED) is 0.590. The standard InChI is InChI=1S/C25H24N4O3/c30-23(27-12-8-17-13-28-19-4-2-1-3-18(17)19)21-20-5-9-25(32-20)15-29(24(31)22(21)25)14-16-6-10-26-11-7-16/h1-7,9-11,13,20-22,28H,8,12,14-15H2,(H,27,30)/t20-,21+,22-,25-/m1/s1. The topological polar surface area (TPSA) is 87.3 Å². The van der Waals surface area contributed by atoms with Crippen molar-refractivity contribution in [3.05, 3.63) is 78.3 Å². The van der Waals surface area contributed by atoms with Crippen LogP contribution in [0.4, 0.5) is 0 Å². The van der Waals surface area contributed by atoms with Gasteiger partial charge in [-0.1, -0.05) is 30.4 Å². The Hall–Kier alpha value is -3.45. The van der Waals surface area contributed by atoms with Crippen LogP contribution >= 0.6 is 0 Å². The number of aromatic nitrogens is 2. The number of hydrogen-bond acceptors (Lipinski definition) is 4. The second-order valence-corrected chi connectivity index (χ2v) is 8.85. The molecule has 2 amide bonds. The third-order valence-electron chi connectivity index (χ3n) is 6.97. The summed E-state index contributed by atoms with van der Waals surface area (Å²) in [6.45, 7) is 1.49. The van der Waals surface area contributed by atoms with Crippen LogP contribution in [0.2, 0.25) is 0 Å². The lowest BCUT2D eigenvalue weighted by molar-refractivity contribution is -0.137. The predicted molar refractivity (Wildman–Crippen MR) is 118 cm³/mol. The van der Waals surface area contributed by atoms with E-state index in [0.717, 1.165) is 17.5 Å². The van der Waals surface area contributed by atoms with Crippen LogP contribution in [-0.4, -0.2) is 51.5 Å². The van der Waals surface area contributed by atoms with Gasteiger partial charge < -0.3 is 19.9 Å². The Morgan fingerprint density at radius 1 is 1.25 bits per heavy atom. The van der Waals surface area contributed by atoms with Gasteiger partial charge in [0.25, 0.3) is 0 Å². The SMILES string of the molecule is O=C(NCCc1c[nH]c2ccccc12)[C@H]1[C@H]2C=C[C@]3(CN(Cc4ccncc4)C(=O)[C@@H]13)O2. The highest BCUT2D eigenvalue weighted by atomic mass is 16.5. The van der Waals surface area contributed by atoms with Gasteiger partial charge in [0.15, 0.2) is 0 Å². The van der Waals surface area contributed by atoms with Gasteiger partial charge in [0, 0.05) is 42.6 Å². The van der Waals surface area contributed by atoms with E-state index in [4.69, 9.17) is 4.74 Å². The average Bonchev–Trinajstić information content (AvgIpc) is 3.55. The Morgan fingerprint density at radius 3 is 2.97 bits per heavy atom. The fraction of sp³-hybridized carbons (Fsp3) is 0.320. The molecule has 0 unspecified atom stereocenters. The van der Waals surface area contributed by atoms with Crippen LogP contribution < -0.4 is 5.32 Å². The Labute approximate surface area is 185 Å². The van der Waals surface area contributed by atoms with Crippen molar-refractivity contribution in [2.45, 2.75) is 24.7 Å². The summed E-state index contributed by atoms with van der Waals surface area (Å²) in [6.07, 6.45) is 9.77. The van der Waals surface area contributed by atoms with Crippen LogP contribution in [0.1, 0.15) is 11.1 Å². The number of likely N-dealkylation sites (tertiary alicyclic amines) is 1.